The predicted octanol–water partition coefficient (Wildman–Crippen LogP) is 3.36. The summed E-state index contributed by atoms with van der Waals surface area (Å²) < 4.78 is 13.7. The number of hydrogen-bond donors (Lipinski definition) is 1. The average molecular weight is 285 g/mol. The Kier molecular flexibility index (Phi) is 4.32. The van der Waals surface area contributed by atoms with Crippen molar-refractivity contribution in [2.24, 2.45) is 5.73 Å². The molecule has 1 heterocycles. The SMILES string of the molecule is Cc1nc(CC(N)Cc2cccc(Cl)c2F)cs1. The fourth-order valence-electron chi connectivity index (χ4n) is 1.83. The summed E-state index contributed by atoms with van der Waals surface area (Å²) in [5.74, 6) is -0.371. The van der Waals surface area contributed by atoms with Crippen molar-refractivity contribution in [3.63, 3.8) is 0 Å². The van der Waals surface area contributed by atoms with E-state index in [9.17, 15) is 4.39 Å². The van der Waals surface area contributed by atoms with Gasteiger partial charge >= 0.3 is 0 Å². The number of aryl methyl sites for hydroxylation is 1. The first-order valence-electron chi connectivity index (χ1n) is 5.65. The Morgan fingerprint density at radius 1 is 1.44 bits per heavy atom. The molecule has 0 bridgehead atoms. The Labute approximate surface area is 115 Å². The molecule has 1 atom stereocenters. The first-order chi connectivity index (χ1) is 8.56. The first kappa shape index (κ1) is 13.5. The average Bonchev–Trinajstić information content (AvgIpc) is 2.70. The van der Waals surface area contributed by atoms with Crippen LogP contribution in [0.3, 0.4) is 0 Å². The molecule has 2 nitrogen and oxygen atoms in total. The van der Waals surface area contributed by atoms with E-state index >= 15 is 0 Å². The highest BCUT2D eigenvalue weighted by Gasteiger charge is 2.12. The van der Waals surface area contributed by atoms with Gasteiger partial charge < -0.3 is 5.73 Å². The lowest BCUT2D eigenvalue weighted by Crippen LogP contribution is -2.26. The van der Waals surface area contributed by atoms with Crippen LogP contribution in [0.4, 0.5) is 4.39 Å². The molecule has 0 radical (unpaired) electrons. The number of hydrogen-bond acceptors (Lipinski definition) is 3. The smallest absolute Gasteiger partial charge is 0.145 e. The summed E-state index contributed by atoms with van der Waals surface area (Å²) in [7, 11) is 0. The van der Waals surface area contributed by atoms with Crippen LogP contribution >= 0.6 is 22.9 Å². The van der Waals surface area contributed by atoms with Crippen LogP contribution in [0.5, 0.6) is 0 Å². The fourth-order valence-corrected chi connectivity index (χ4v) is 2.65. The van der Waals surface area contributed by atoms with Crippen LogP contribution in [0.25, 0.3) is 0 Å². The monoisotopic (exact) mass is 284 g/mol. The van der Waals surface area contributed by atoms with E-state index in [0.717, 1.165) is 10.7 Å². The van der Waals surface area contributed by atoms with Crippen LogP contribution in [0.1, 0.15) is 16.3 Å². The van der Waals surface area contributed by atoms with Crippen molar-refractivity contribution >= 4 is 22.9 Å². The number of rotatable bonds is 4. The maximum absolute atomic E-state index is 13.7. The highest BCUT2D eigenvalue weighted by atomic mass is 35.5. The van der Waals surface area contributed by atoms with Gasteiger partial charge in [-0.25, -0.2) is 9.37 Å². The lowest BCUT2D eigenvalue weighted by Gasteiger charge is -2.11. The second-order valence-corrected chi connectivity index (χ2v) is 5.71. The number of nitrogens with zero attached hydrogens (tertiary/aromatic N) is 1. The second-order valence-electron chi connectivity index (χ2n) is 4.24. The molecule has 0 fully saturated rings. The van der Waals surface area contributed by atoms with Gasteiger partial charge in [-0.2, -0.15) is 0 Å². The summed E-state index contributed by atoms with van der Waals surface area (Å²) in [4.78, 5) is 4.35. The molecule has 0 aliphatic rings. The Hall–Kier alpha value is -0.970. The molecule has 1 unspecified atom stereocenters. The summed E-state index contributed by atoms with van der Waals surface area (Å²) in [5.41, 5.74) is 7.54. The third-order valence-electron chi connectivity index (χ3n) is 2.65. The van der Waals surface area contributed by atoms with E-state index in [1.165, 1.54) is 6.07 Å². The molecule has 1 aromatic heterocycles. The molecule has 5 heteroatoms. The van der Waals surface area contributed by atoms with Crippen molar-refractivity contribution in [2.45, 2.75) is 25.8 Å². The molecule has 0 saturated heterocycles. The highest BCUT2D eigenvalue weighted by Crippen LogP contribution is 2.19. The van der Waals surface area contributed by atoms with E-state index in [-0.39, 0.29) is 16.9 Å². The summed E-state index contributed by atoms with van der Waals surface area (Å²) in [6.07, 6.45) is 1.11. The van der Waals surface area contributed by atoms with Crippen LogP contribution in [-0.4, -0.2) is 11.0 Å². The molecule has 0 amide bonds. The molecule has 18 heavy (non-hydrogen) atoms. The Morgan fingerprint density at radius 3 is 2.89 bits per heavy atom. The largest absolute Gasteiger partial charge is 0.327 e. The molecular weight excluding hydrogens is 271 g/mol. The highest BCUT2D eigenvalue weighted by molar-refractivity contribution is 7.09. The van der Waals surface area contributed by atoms with Gasteiger partial charge in [0.05, 0.1) is 15.7 Å². The Bertz CT molecular complexity index is 542. The standard InChI is InChI=1S/C13H14ClFN2S/c1-8-17-11(7-18-8)6-10(16)5-9-3-2-4-12(14)13(9)15/h2-4,7,10H,5-6,16H2,1H3. The molecule has 2 aromatic rings. The molecule has 96 valence electrons. The van der Waals surface area contributed by atoms with Crippen molar-refractivity contribution in [2.75, 3.05) is 0 Å². The zero-order valence-electron chi connectivity index (χ0n) is 9.99. The molecule has 1 aromatic carbocycles. The normalized spacial score (nSPS) is 12.7. The quantitative estimate of drug-likeness (QED) is 0.935. The minimum Gasteiger partial charge on any atom is -0.327 e. The summed E-state index contributed by atoms with van der Waals surface area (Å²) >= 11 is 7.33. The number of aromatic nitrogens is 1. The number of thiazole rings is 1. The zero-order chi connectivity index (χ0) is 13.1. The maximum Gasteiger partial charge on any atom is 0.145 e. The molecule has 2 N–H and O–H groups in total. The Balaban J connectivity index is 2.03. The number of halogens is 2. The van der Waals surface area contributed by atoms with Crippen LogP contribution in [0, 0.1) is 12.7 Å². The van der Waals surface area contributed by atoms with Crippen LogP contribution in [0.2, 0.25) is 5.02 Å². The van der Waals surface area contributed by atoms with Gasteiger partial charge in [-0.3, -0.25) is 0 Å². The summed E-state index contributed by atoms with van der Waals surface area (Å²) in [6.45, 7) is 1.95. The summed E-state index contributed by atoms with van der Waals surface area (Å²) in [5, 5.41) is 3.15. The van der Waals surface area contributed by atoms with Crippen molar-refractivity contribution in [1.29, 1.82) is 0 Å². The number of benzene rings is 1. The molecule has 0 aliphatic carbocycles. The zero-order valence-corrected chi connectivity index (χ0v) is 11.6. The van der Waals surface area contributed by atoms with Gasteiger partial charge in [-0.15, -0.1) is 11.3 Å². The van der Waals surface area contributed by atoms with Gasteiger partial charge in [0.1, 0.15) is 5.82 Å². The van der Waals surface area contributed by atoms with Crippen molar-refractivity contribution < 1.29 is 4.39 Å². The van der Waals surface area contributed by atoms with Gasteiger partial charge in [0, 0.05) is 17.8 Å². The van der Waals surface area contributed by atoms with Gasteiger partial charge in [-0.1, -0.05) is 23.7 Å². The topological polar surface area (TPSA) is 38.9 Å². The predicted molar refractivity (Wildman–Crippen MR) is 73.6 cm³/mol. The molecule has 0 aliphatic heterocycles. The van der Waals surface area contributed by atoms with Crippen molar-refractivity contribution in [3.05, 3.63) is 50.7 Å². The lowest BCUT2D eigenvalue weighted by atomic mass is 10.0. The van der Waals surface area contributed by atoms with E-state index in [1.54, 1.807) is 23.5 Å². The van der Waals surface area contributed by atoms with Crippen molar-refractivity contribution in [1.82, 2.24) is 4.98 Å². The summed E-state index contributed by atoms with van der Waals surface area (Å²) in [6, 6.07) is 4.84. The van der Waals surface area contributed by atoms with Gasteiger partial charge in [0.2, 0.25) is 0 Å². The fraction of sp³-hybridized carbons (Fsp3) is 0.308. The minimum atomic E-state index is -0.371. The molecule has 0 spiro atoms. The van der Waals surface area contributed by atoms with Crippen molar-refractivity contribution in [3.8, 4) is 0 Å². The van der Waals surface area contributed by atoms with Crippen LogP contribution in [0.15, 0.2) is 23.6 Å². The minimum absolute atomic E-state index is 0.143. The molecule has 0 saturated carbocycles. The van der Waals surface area contributed by atoms with E-state index in [4.69, 9.17) is 17.3 Å². The third-order valence-corrected chi connectivity index (χ3v) is 3.77. The molecular formula is C13H14ClFN2S. The molecule has 2 rings (SSSR count). The van der Waals surface area contributed by atoms with E-state index in [2.05, 4.69) is 4.98 Å². The number of nitrogens with two attached hydrogens (primary N) is 1. The third kappa shape index (κ3) is 3.28. The van der Waals surface area contributed by atoms with E-state index < -0.39 is 0 Å². The van der Waals surface area contributed by atoms with Gasteiger partial charge in [-0.05, 0) is 25.0 Å². The van der Waals surface area contributed by atoms with Gasteiger partial charge in [0.25, 0.3) is 0 Å². The second kappa shape index (κ2) is 5.78. The first-order valence-corrected chi connectivity index (χ1v) is 6.91. The van der Waals surface area contributed by atoms with Crippen LogP contribution < -0.4 is 5.73 Å². The maximum atomic E-state index is 13.7. The Morgan fingerprint density at radius 2 is 2.22 bits per heavy atom. The van der Waals surface area contributed by atoms with Crippen LogP contribution in [-0.2, 0) is 12.8 Å². The lowest BCUT2D eigenvalue weighted by molar-refractivity contribution is 0.582. The van der Waals surface area contributed by atoms with E-state index in [0.29, 0.717) is 18.4 Å². The van der Waals surface area contributed by atoms with Gasteiger partial charge in [0.15, 0.2) is 0 Å². The van der Waals surface area contributed by atoms with E-state index in [1.807, 2.05) is 12.3 Å².